The molecule has 0 aliphatic heterocycles. The normalized spacial score (nSPS) is 11.6. The van der Waals surface area contributed by atoms with Crippen LogP contribution in [0.4, 0.5) is 0 Å². The van der Waals surface area contributed by atoms with Crippen molar-refractivity contribution in [3.05, 3.63) is 28.3 Å². The Kier molecular flexibility index (Phi) is 4.39. The molecule has 0 radical (unpaired) electrons. The summed E-state index contributed by atoms with van der Waals surface area (Å²) in [6.45, 7) is 10.4. The summed E-state index contributed by atoms with van der Waals surface area (Å²) >= 11 is 1.32. The second-order valence-electron chi connectivity index (χ2n) is 5.23. The number of rotatable bonds is 3. The molecule has 2 nitrogen and oxygen atoms in total. The van der Waals surface area contributed by atoms with Crippen LogP contribution in [0.2, 0.25) is 0 Å². The lowest BCUT2D eigenvalue weighted by Gasteiger charge is -2.24. The third-order valence-electron chi connectivity index (χ3n) is 2.85. The zero-order chi connectivity index (χ0) is 13.2. The van der Waals surface area contributed by atoms with Gasteiger partial charge in [0.2, 0.25) is 0 Å². The molecule has 0 aliphatic carbocycles. The van der Waals surface area contributed by atoms with Gasteiger partial charge in [0.15, 0.2) is 6.29 Å². The van der Waals surface area contributed by atoms with Gasteiger partial charge in [0.05, 0.1) is 7.11 Å². The molecule has 0 fully saturated rings. The Morgan fingerprint density at radius 1 is 1.29 bits per heavy atom. The number of aldehydes is 1. The molecule has 0 aliphatic rings. The minimum atomic E-state index is -0.0258. The van der Waals surface area contributed by atoms with E-state index in [0.717, 1.165) is 33.4 Å². The van der Waals surface area contributed by atoms with Gasteiger partial charge in [-0.05, 0) is 36.0 Å². The molecule has 94 valence electrons. The maximum absolute atomic E-state index is 11.3. The molecular weight excluding hydrogens is 232 g/mol. The van der Waals surface area contributed by atoms with E-state index in [-0.39, 0.29) is 5.41 Å². The summed E-state index contributed by atoms with van der Waals surface area (Å²) < 4.78 is 5.12. The van der Waals surface area contributed by atoms with Crippen LogP contribution in [-0.2, 0) is 9.60 Å². The molecule has 1 aromatic rings. The average Bonchev–Trinajstić information content (AvgIpc) is 2.22. The van der Waals surface area contributed by atoms with E-state index in [4.69, 9.17) is 4.18 Å². The minimum absolute atomic E-state index is 0.0258. The summed E-state index contributed by atoms with van der Waals surface area (Å²) in [6.07, 6.45) is 0.953. The molecule has 17 heavy (non-hydrogen) atoms. The third-order valence-corrected chi connectivity index (χ3v) is 3.81. The lowest BCUT2D eigenvalue weighted by molar-refractivity contribution is 0.112. The molecule has 0 saturated heterocycles. The Morgan fingerprint density at radius 2 is 1.88 bits per heavy atom. The summed E-state index contributed by atoms with van der Waals surface area (Å²) in [5.41, 5.74) is 4.04. The van der Waals surface area contributed by atoms with Crippen LogP contribution >= 0.6 is 12.0 Å². The van der Waals surface area contributed by atoms with Gasteiger partial charge >= 0.3 is 0 Å². The van der Waals surface area contributed by atoms with E-state index in [1.807, 2.05) is 6.92 Å². The highest BCUT2D eigenvalue weighted by molar-refractivity contribution is 7.94. The fraction of sp³-hybridized carbons (Fsp3) is 0.500. The van der Waals surface area contributed by atoms with Gasteiger partial charge in [0.25, 0.3) is 0 Å². The molecule has 0 N–H and O–H groups in total. The first-order chi connectivity index (χ1) is 7.82. The zero-order valence-corrected chi connectivity index (χ0v) is 12.2. The number of carbonyl (C=O) groups is 1. The van der Waals surface area contributed by atoms with E-state index in [1.54, 1.807) is 7.11 Å². The van der Waals surface area contributed by atoms with Crippen molar-refractivity contribution in [2.45, 2.75) is 44.9 Å². The highest BCUT2D eigenvalue weighted by Gasteiger charge is 2.22. The SMILES string of the molecule is COSc1c(C)cc(C(C)(C)C)c(C=O)c1C. The molecule has 0 unspecified atom stereocenters. The highest BCUT2D eigenvalue weighted by atomic mass is 32.2. The number of hydrogen-bond donors (Lipinski definition) is 0. The molecule has 3 heteroatoms. The largest absolute Gasteiger partial charge is 0.314 e. The second-order valence-corrected chi connectivity index (χ2v) is 6.13. The Labute approximate surface area is 108 Å². The lowest BCUT2D eigenvalue weighted by atomic mass is 9.81. The molecule has 0 heterocycles. The van der Waals surface area contributed by atoms with Crippen LogP contribution in [0.5, 0.6) is 0 Å². The van der Waals surface area contributed by atoms with Crippen LogP contribution in [0.3, 0.4) is 0 Å². The third kappa shape index (κ3) is 2.90. The van der Waals surface area contributed by atoms with Gasteiger partial charge in [0.1, 0.15) is 0 Å². The summed E-state index contributed by atoms with van der Waals surface area (Å²) in [5.74, 6) is 0. The van der Waals surface area contributed by atoms with Gasteiger partial charge in [-0.3, -0.25) is 4.79 Å². The molecule has 0 aromatic heterocycles. The van der Waals surface area contributed by atoms with E-state index in [1.165, 1.54) is 12.0 Å². The highest BCUT2D eigenvalue weighted by Crippen LogP contribution is 2.35. The fourth-order valence-electron chi connectivity index (χ4n) is 1.96. The van der Waals surface area contributed by atoms with Crippen LogP contribution in [0.1, 0.15) is 47.8 Å². The van der Waals surface area contributed by atoms with Crippen LogP contribution in [0.25, 0.3) is 0 Å². The molecule has 0 bridgehead atoms. The molecule has 0 spiro atoms. The number of hydrogen-bond acceptors (Lipinski definition) is 3. The molecule has 1 aromatic carbocycles. The first-order valence-electron chi connectivity index (χ1n) is 5.63. The summed E-state index contributed by atoms with van der Waals surface area (Å²) in [7, 11) is 1.64. The van der Waals surface area contributed by atoms with Crippen LogP contribution in [0, 0.1) is 13.8 Å². The van der Waals surface area contributed by atoms with Gasteiger partial charge in [-0.25, -0.2) is 0 Å². The van der Waals surface area contributed by atoms with E-state index >= 15 is 0 Å². The van der Waals surface area contributed by atoms with E-state index in [9.17, 15) is 4.79 Å². The molecular formula is C14H20O2S. The van der Waals surface area contributed by atoms with Crippen molar-refractivity contribution >= 4 is 18.3 Å². The topological polar surface area (TPSA) is 26.3 Å². The smallest absolute Gasteiger partial charge is 0.150 e. The van der Waals surface area contributed by atoms with E-state index in [0.29, 0.717) is 0 Å². The van der Waals surface area contributed by atoms with Crippen molar-refractivity contribution in [2.24, 2.45) is 0 Å². The molecule has 1 rings (SSSR count). The first kappa shape index (κ1) is 14.3. The summed E-state index contributed by atoms with van der Waals surface area (Å²) in [4.78, 5) is 12.4. The van der Waals surface area contributed by atoms with Crippen molar-refractivity contribution < 1.29 is 8.98 Å². The number of aryl methyl sites for hydroxylation is 1. The van der Waals surface area contributed by atoms with Crippen molar-refractivity contribution in [2.75, 3.05) is 7.11 Å². The Hall–Kier alpha value is -0.800. The van der Waals surface area contributed by atoms with Crippen molar-refractivity contribution in [3.8, 4) is 0 Å². The number of benzene rings is 1. The maximum Gasteiger partial charge on any atom is 0.150 e. The Bertz CT molecular complexity index is 431. The number of carbonyl (C=O) groups excluding carboxylic acids is 1. The maximum atomic E-state index is 11.3. The standard InChI is InChI=1S/C14H20O2S/c1-9-7-12(14(3,4)5)11(8-15)10(2)13(9)17-16-6/h7-8H,1-6H3. The molecule has 0 saturated carbocycles. The Balaban J connectivity index is 3.52. The van der Waals surface area contributed by atoms with Crippen molar-refractivity contribution in [1.29, 1.82) is 0 Å². The van der Waals surface area contributed by atoms with Crippen molar-refractivity contribution in [1.82, 2.24) is 0 Å². The predicted molar refractivity (Wildman–Crippen MR) is 72.9 cm³/mol. The monoisotopic (exact) mass is 252 g/mol. The van der Waals surface area contributed by atoms with Crippen LogP contribution in [0.15, 0.2) is 11.0 Å². The summed E-state index contributed by atoms with van der Waals surface area (Å²) in [5, 5.41) is 0. The molecule has 0 amide bonds. The lowest BCUT2D eigenvalue weighted by Crippen LogP contribution is -2.16. The molecule has 0 atom stereocenters. The minimum Gasteiger partial charge on any atom is -0.314 e. The van der Waals surface area contributed by atoms with Gasteiger partial charge in [-0.2, -0.15) is 0 Å². The van der Waals surface area contributed by atoms with Gasteiger partial charge < -0.3 is 4.18 Å². The quantitative estimate of drug-likeness (QED) is 0.599. The van der Waals surface area contributed by atoms with Gasteiger partial charge in [-0.1, -0.05) is 26.8 Å². The second kappa shape index (κ2) is 5.23. The van der Waals surface area contributed by atoms with E-state index in [2.05, 4.69) is 33.8 Å². The fourth-order valence-corrected chi connectivity index (χ4v) is 2.56. The predicted octanol–water partition coefficient (Wildman–Crippen LogP) is 4.07. The van der Waals surface area contributed by atoms with Gasteiger partial charge in [0, 0.05) is 22.5 Å². The average molecular weight is 252 g/mol. The van der Waals surface area contributed by atoms with Crippen LogP contribution < -0.4 is 0 Å². The van der Waals surface area contributed by atoms with Crippen molar-refractivity contribution in [3.63, 3.8) is 0 Å². The van der Waals surface area contributed by atoms with E-state index < -0.39 is 0 Å². The van der Waals surface area contributed by atoms with Crippen LogP contribution in [-0.4, -0.2) is 13.4 Å². The zero-order valence-electron chi connectivity index (χ0n) is 11.4. The Morgan fingerprint density at radius 3 is 2.29 bits per heavy atom. The first-order valence-corrected chi connectivity index (χ1v) is 6.37. The summed E-state index contributed by atoms with van der Waals surface area (Å²) in [6, 6.07) is 2.10. The van der Waals surface area contributed by atoms with Gasteiger partial charge in [-0.15, -0.1) is 0 Å².